The van der Waals surface area contributed by atoms with Crippen LogP contribution in [-0.4, -0.2) is 11.0 Å². The highest BCUT2D eigenvalue weighted by atomic mass is 35.5. The summed E-state index contributed by atoms with van der Waals surface area (Å²) >= 11 is 13.9. The summed E-state index contributed by atoms with van der Waals surface area (Å²) in [6.07, 6.45) is 0. The van der Waals surface area contributed by atoms with Crippen LogP contribution >= 0.6 is 34.5 Å². The van der Waals surface area contributed by atoms with Crippen LogP contribution in [0.1, 0.15) is 18.7 Å². The lowest BCUT2D eigenvalue weighted by Crippen LogP contribution is -2.31. The van der Waals surface area contributed by atoms with Gasteiger partial charge in [0.2, 0.25) is 0 Å². The van der Waals surface area contributed by atoms with Crippen molar-refractivity contribution in [1.82, 2.24) is 4.98 Å². The topological polar surface area (TPSA) is 42.2 Å². The molecule has 0 aliphatic heterocycles. The molecule has 0 unspecified atom stereocenters. The summed E-state index contributed by atoms with van der Waals surface area (Å²) in [7, 11) is 0. The average molecular weight is 316 g/mol. The highest BCUT2D eigenvalue weighted by Gasteiger charge is 2.18. The number of nitrogens with zero attached hydrogens (tertiary/aromatic N) is 2. The third-order valence-electron chi connectivity index (χ3n) is 2.74. The third kappa shape index (κ3) is 3.32. The lowest BCUT2D eigenvalue weighted by atomic mass is 10.3. The average Bonchev–Trinajstić information content (AvgIpc) is 2.84. The first-order valence-electron chi connectivity index (χ1n) is 5.89. The Morgan fingerprint density at radius 1 is 1.37 bits per heavy atom. The molecule has 0 fully saturated rings. The minimum atomic E-state index is 0.257. The standard InChI is InChI=1S/C13H15Cl2N3S/c1-8(2)18(7-9-4-3-5-19-9)13-11(15)6-10(14)12(16)17-13/h3-6,8H,7H2,1-2H3,(H2,16,17). The molecule has 0 radical (unpaired) electrons. The van der Waals surface area contributed by atoms with E-state index in [9.17, 15) is 0 Å². The summed E-state index contributed by atoms with van der Waals surface area (Å²) in [5.41, 5.74) is 5.78. The highest BCUT2D eigenvalue weighted by molar-refractivity contribution is 7.09. The van der Waals surface area contributed by atoms with Crippen molar-refractivity contribution in [3.8, 4) is 0 Å². The number of thiophene rings is 1. The minimum absolute atomic E-state index is 0.257. The molecule has 0 amide bonds. The first-order valence-corrected chi connectivity index (χ1v) is 7.53. The van der Waals surface area contributed by atoms with Gasteiger partial charge < -0.3 is 10.6 Å². The zero-order valence-corrected chi connectivity index (χ0v) is 13.1. The Hall–Kier alpha value is -0.970. The van der Waals surface area contributed by atoms with Crippen LogP contribution in [0.3, 0.4) is 0 Å². The lowest BCUT2D eigenvalue weighted by Gasteiger charge is -2.28. The normalized spacial score (nSPS) is 11.0. The van der Waals surface area contributed by atoms with Crippen molar-refractivity contribution in [3.63, 3.8) is 0 Å². The quantitative estimate of drug-likeness (QED) is 0.906. The van der Waals surface area contributed by atoms with Crippen molar-refractivity contribution < 1.29 is 0 Å². The Labute approximate surface area is 127 Å². The monoisotopic (exact) mass is 315 g/mol. The highest BCUT2D eigenvalue weighted by Crippen LogP contribution is 2.32. The van der Waals surface area contributed by atoms with Crippen molar-refractivity contribution in [3.05, 3.63) is 38.5 Å². The summed E-state index contributed by atoms with van der Waals surface area (Å²) in [6, 6.07) is 6.02. The van der Waals surface area contributed by atoms with Gasteiger partial charge in [0, 0.05) is 10.9 Å². The SMILES string of the molecule is CC(C)N(Cc1cccs1)c1nc(N)c(Cl)cc1Cl. The molecule has 6 heteroatoms. The maximum atomic E-state index is 6.24. The molecule has 0 aromatic carbocycles. The molecule has 0 aliphatic carbocycles. The molecule has 0 saturated heterocycles. The molecule has 3 nitrogen and oxygen atoms in total. The molecule has 0 atom stereocenters. The molecular weight excluding hydrogens is 301 g/mol. The van der Waals surface area contributed by atoms with Gasteiger partial charge in [0.15, 0.2) is 5.82 Å². The second-order valence-corrected chi connectivity index (χ2v) is 6.31. The van der Waals surface area contributed by atoms with Crippen LogP contribution in [0.4, 0.5) is 11.6 Å². The van der Waals surface area contributed by atoms with Crippen LogP contribution in [0.5, 0.6) is 0 Å². The molecule has 0 saturated carbocycles. The maximum absolute atomic E-state index is 6.24. The van der Waals surface area contributed by atoms with Crippen LogP contribution in [0, 0.1) is 0 Å². The summed E-state index contributed by atoms with van der Waals surface area (Å²) in [5, 5.41) is 2.96. The van der Waals surface area contributed by atoms with Gasteiger partial charge in [-0.25, -0.2) is 4.98 Å². The van der Waals surface area contributed by atoms with Gasteiger partial charge in [-0.1, -0.05) is 29.3 Å². The number of nitrogen functional groups attached to an aromatic ring is 1. The van der Waals surface area contributed by atoms with Gasteiger partial charge in [0.1, 0.15) is 5.82 Å². The fourth-order valence-electron chi connectivity index (χ4n) is 1.74. The summed E-state index contributed by atoms with van der Waals surface area (Å²) in [5.74, 6) is 0.977. The fourth-order valence-corrected chi connectivity index (χ4v) is 2.91. The zero-order chi connectivity index (χ0) is 14.0. The van der Waals surface area contributed by atoms with Gasteiger partial charge in [-0.3, -0.25) is 0 Å². The molecule has 0 bridgehead atoms. The van der Waals surface area contributed by atoms with E-state index in [4.69, 9.17) is 28.9 Å². The zero-order valence-electron chi connectivity index (χ0n) is 10.7. The molecule has 102 valence electrons. The first-order chi connectivity index (χ1) is 8.99. The van der Waals surface area contributed by atoms with Crippen molar-refractivity contribution in [2.24, 2.45) is 0 Å². The van der Waals surface area contributed by atoms with E-state index in [-0.39, 0.29) is 6.04 Å². The van der Waals surface area contributed by atoms with Crippen LogP contribution < -0.4 is 10.6 Å². The molecule has 2 heterocycles. The molecule has 2 aromatic heterocycles. The molecular formula is C13H15Cl2N3S. The van der Waals surface area contributed by atoms with Crippen LogP contribution in [0.25, 0.3) is 0 Å². The van der Waals surface area contributed by atoms with Crippen LogP contribution in [0.15, 0.2) is 23.6 Å². The van der Waals surface area contributed by atoms with E-state index >= 15 is 0 Å². The number of hydrogen-bond acceptors (Lipinski definition) is 4. The number of aromatic nitrogens is 1. The molecule has 19 heavy (non-hydrogen) atoms. The van der Waals surface area contributed by atoms with Crippen molar-refractivity contribution >= 4 is 46.2 Å². The first kappa shape index (κ1) is 14.4. The number of anilines is 2. The fraction of sp³-hybridized carbons (Fsp3) is 0.308. The smallest absolute Gasteiger partial charge is 0.150 e. The maximum Gasteiger partial charge on any atom is 0.150 e. The van der Waals surface area contributed by atoms with Crippen molar-refractivity contribution in [1.29, 1.82) is 0 Å². The van der Waals surface area contributed by atoms with Gasteiger partial charge in [-0.15, -0.1) is 11.3 Å². The minimum Gasteiger partial charge on any atom is -0.382 e. The Morgan fingerprint density at radius 2 is 2.11 bits per heavy atom. The molecule has 0 aliphatic rings. The Kier molecular flexibility index (Phi) is 4.55. The Morgan fingerprint density at radius 3 is 2.68 bits per heavy atom. The van der Waals surface area contributed by atoms with Gasteiger partial charge >= 0.3 is 0 Å². The second kappa shape index (κ2) is 5.99. The van der Waals surface area contributed by atoms with E-state index in [2.05, 4.69) is 35.2 Å². The van der Waals surface area contributed by atoms with Gasteiger partial charge in [-0.2, -0.15) is 0 Å². The van der Waals surface area contributed by atoms with E-state index < -0.39 is 0 Å². The summed E-state index contributed by atoms with van der Waals surface area (Å²) in [6.45, 7) is 4.94. The molecule has 2 rings (SSSR count). The number of halogens is 2. The number of rotatable bonds is 4. The molecule has 0 spiro atoms. The van der Waals surface area contributed by atoms with E-state index in [1.54, 1.807) is 17.4 Å². The van der Waals surface area contributed by atoms with Gasteiger partial charge in [0.05, 0.1) is 16.6 Å². The lowest BCUT2D eigenvalue weighted by molar-refractivity contribution is 0.678. The Bertz CT molecular complexity index is 555. The largest absolute Gasteiger partial charge is 0.382 e. The van der Waals surface area contributed by atoms with Crippen molar-refractivity contribution in [2.75, 3.05) is 10.6 Å². The van der Waals surface area contributed by atoms with Gasteiger partial charge in [0.25, 0.3) is 0 Å². The van der Waals surface area contributed by atoms with Crippen LogP contribution in [0.2, 0.25) is 10.0 Å². The molecule has 2 N–H and O–H groups in total. The van der Waals surface area contributed by atoms with Crippen molar-refractivity contribution in [2.45, 2.75) is 26.4 Å². The van der Waals surface area contributed by atoms with Crippen LogP contribution in [-0.2, 0) is 6.54 Å². The predicted octanol–water partition coefficient (Wildman–Crippen LogP) is 4.45. The summed E-state index contributed by atoms with van der Waals surface area (Å²) in [4.78, 5) is 7.68. The summed E-state index contributed by atoms with van der Waals surface area (Å²) < 4.78 is 0. The third-order valence-corrected chi connectivity index (χ3v) is 4.18. The van der Waals surface area contributed by atoms with E-state index in [1.807, 2.05) is 6.07 Å². The molecule has 2 aromatic rings. The Balaban J connectivity index is 2.36. The number of hydrogen-bond donors (Lipinski definition) is 1. The number of nitrogens with two attached hydrogens (primary N) is 1. The van der Waals surface area contributed by atoms with Gasteiger partial charge in [-0.05, 0) is 31.4 Å². The van der Waals surface area contributed by atoms with E-state index in [1.165, 1.54) is 4.88 Å². The van der Waals surface area contributed by atoms with E-state index in [0.717, 1.165) is 6.54 Å². The van der Waals surface area contributed by atoms with E-state index in [0.29, 0.717) is 21.7 Å². The number of pyridine rings is 1. The second-order valence-electron chi connectivity index (χ2n) is 4.46. The predicted molar refractivity (Wildman–Crippen MR) is 84.3 cm³/mol.